The molecule has 0 bridgehead atoms. The first-order chi connectivity index (χ1) is 56.9. The predicted octanol–water partition coefficient (Wildman–Crippen LogP) is 3.14. The van der Waals surface area contributed by atoms with Gasteiger partial charge in [0, 0.05) is 75.6 Å². The maximum absolute atomic E-state index is 15.8. The number of benzene rings is 4. The molecule has 8 saturated heterocycles. The third kappa shape index (κ3) is 20.9. The van der Waals surface area contributed by atoms with Crippen molar-refractivity contribution in [3.63, 3.8) is 0 Å². The minimum absolute atomic E-state index is 0.00311. The van der Waals surface area contributed by atoms with Gasteiger partial charge in [0.25, 0.3) is 0 Å². The second-order valence-corrected chi connectivity index (χ2v) is 31.6. The lowest BCUT2D eigenvalue weighted by atomic mass is 9.96. The molecule has 0 aromatic heterocycles. The third-order valence-electron chi connectivity index (χ3n) is 22.6. The molecule has 1 unspecified atom stereocenters. The number of halogens is 7. The zero-order chi connectivity index (χ0) is 86.5. The van der Waals surface area contributed by atoms with Gasteiger partial charge in [0.2, 0.25) is 59.1 Å². The quantitative estimate of drug-likeness (QED) is 0.0626. The number of alkyl halides is 3. The normalized spacial score (nSPS) is 27.9. The SMILES string of the molecule is Cc1ccc(NC(=O)N[C@@H](Cc2cc(F)cc(F)c2)C(=O)N[C@@H]2C(=O)N3CCC[C@H]3C(=O)N3CC(C[C@H]4C[C@H]5C(=O)O[C@@H](C)[C@H](NC(=O)[C@H](Cc6cc(F)cc(F)c6)NC(=O)Nc6ccc(OC(F)(F)F)cc6)C(=O)N6CCC[C@H]6C(=O)N6CCOC[C@H]6C(=O)N[C@@H](C)C(=O)N5C4)OC[C@H]3C(=O)N[C@@H](C)C(=O)N3C[C@@H](C)C[C@H]3C(=O)O[C@H]2C)cc1. The number of rotatable bonds is 15. The maximum Gasteiger partial charge on any atom is 0.573 e. The van der Waals surface area contributed by atoms with Crippen LogP contribution >= 0.6 is 0 Å². The smallest absolute Gasteiger partial charge is 0.458 e. The summed E-state index contributed by atoms with van der Waals surface area (Å²) < 4.78 is 127. The number of nitrogens with one attached hydrogen (secondary N) is 8. The van der Waals surface area contributed by atoms with Gasteiger partial charge in [-0.1, -0.05) is 24.6 Å². The fourth-order valence-corrected chi connectivity index (χ4v) is 16.7. The maximum atomic E-state index is 15.8. The van der Waals surface area contributed by atoms with E-state index in [-0.39, 0.29) is 119 Å². The van der Waals surface area contributed by atoms with E-state index >= 15 is 24.0 Å². The number of ether oxygens (including phenoxy) is 5. The van der Waals surface area contributed by atoms with Crippen molar-refractivity contribution in [2.75, 3.05) is 69.7 Å². The number of anilines is 2. The molecule has 0 aliphatic carbocycles. The van der Waals surface area contributed by atoms with E-state index in [1.54, 1.807) is 31.2 Å². The number of nitrogens with zero attached hydrogens (tertiary/aromatic N) is 6. The molecule has 8 fully saturated rings. The standard InChI is InChI=1S/C80H93F7N14O19/c1-39-11-13-52(14-12-39)90-78(114)92-56(29-45-24-48(81)32-49(82)25-45)66(102)94-64-43(5)118-76(112)60-23-40(2)34-99(60)70(106)41(3)89-69(105)63-38-117-55(36-101(63)73(109)59-10-8-20-97(59)75(64)111)28-47-31-61-77(113)119-44(6)65(74(110)96-19-7-9-58(96)72(108)98-21-22-116-37-62(98)68(104)88-42(4)71(107)100(61)35-47)95-67(103)57(30-46-26-50(83)33-51(84)27-46)93-79(115)91-53-15-17-54(18-16-53)120-80(85,86)87/h11-18,24-27,32-33,40-44,47,55-65H,7-10,19-23,28-31,34-38H2,1-6H3,(H,88,104)(H,89,105)(H,94,102)(H,95,103)(H2,90,92,114)(H2,91,93,115)/t40-,41-,42-,43-,44-,47-,55?,56-,57-,58-,59-,60-,61-,62-,63-,64-,65-/m0/s1. The number of morpholine rings is 2. The molecule has 8 N–H and O–H groups in total. The molecule has 8 aliphatic rings. The van der Waals surface area contributed by atoms with E-state index < -0.39 is 241 Å². The van der Waals surface area contributed by atoms with Crippen LogP contribution in [0, 0.1) is 42.0 Å². The van der Waals surface area contributed by atoms with Crippen LogP contribution in [0.5, 0.6) is 5.75 Å². The summed E-state index contributed by atoms with van der Waals surface area (Å²) in [6.07, 6.45) is -10.9. The summed E-state index contributed by atoms with van der Waals surface area (Å²) in [6.45, 7) is 6.54. The van der Waals surface area contributed by atoms with Crippen molar-refractivity contribution in [3.8, 4) is 5.75 Å². The second kappa shape index (κ2) is 37.3. The highest BCUT2D eigenvalue weighted by atomic mass is 19.4. The number of hydrogen-bond acceptors (Lipinski definition) is 19. The fourth-order valence-electron chi connectivity index (χ4n) is 16.7. The number of carbonyl (C=O) groups excluding carboxylic acids is 14. The zero-order valence-corrected chi connectivity index (χ0v) is 66.2. The van der Waals surface area contributed by atoms with E-state index in [4.69, 9.17) is 18.9 Å². The van der Waals surface area contributed by atoms with Crippen LogP contribution in [0.4, 0.5) is 51.7 Å². The van der Waals surface area contributed by atoms with Gasteiger partial charge < -0.3 is 95.6 Å². The molecule has 14 amide bonds. The van der Waals surface area contributed by atoms with Gasteiger partial charge in [-0.05, 0) is 163 Å². The summed E-state index contributed by atoms with van der Waals surface area (Å²) in [5.74, 6) is -17.5. The summed E-state index contributed by atoms with van der Waals surface area (Å²) in [7, 11) is 0. The molecule has 120 heavy (non-hydrogen) atoms. The summed E-state index contributed by atoms with van der Waals surface area (Å²) >= 11 is 0. The first-order valence-corrected chi connectivity index (χ1v) is 39.5. The van der Waals surface area contributed by atoms with Gasteiger partial charge in [0.05, 0.1) is 25.9 Å². The first-order valence-electron chi connectivity index (χ1n) is 39.5. The van der Waals surface area contributed by atoms with E-state index in [0.29, 0.717) is 12.1 Å². The highest BCUT2D eigenvalue weighted by Crippen LogP contribution is 2.35. The van der Waals surface area contributed by atoms with Gasteiger partial charge in [0.1, 0.15) is 114 Å². The van der Waals surface area contributed by atoms with Crippen LogP contribution in [0.15, 0.2) is 84.9 Å². The van der Waals surface area contributed by atoms with Gasteiger partial charge in [-0.15, -0.1) is 13.2 Å². The molecule has 33 nitrogen and oxygen atoms in total. The number of cyclic esters (lactones) is 2. The minimum atomic E-state index is -5.07. The number of hydrogen-bond donors (Lipinski definition) is 8. The van der Waals surface area contributed by atoms with Crippen LogP contribution in [-0.2, 0) is 89.3 Å². The summed E-state index contributed by atoms with van der Waals surface area (Å²) in [5, 5.41) is 20.3. The third-order valence-corrected chi connectivity index (χ3v) is 22.6. The minimum Gasteiger partial charge on any atom is -0.458 e. The van der Waals surface area contributed by atoms with Gasteiger partial charge in [-0.3, -0.25) is 47.9 Å². The Morgan fingerprint density at radius 1 is 0.508 bits per heavy atom. The molecular formula is C80H93F7N14O19. The number of aryl methyl sites for hydroxylation is 1. The number of urea groups is 2. The Kier molecular flexibility index (Phi) is 27.2. The average Bonchev–Trinajstić information content (AvgIpc) is 1.61. The van der Waals surface area contributed by atoms with Crippen molar-refractivity contribution in [2.24, 2.45) is 11.8 Å². The Labute approximate surface area is 683 Å². The van der Waals surface area contributed by atoms with Gasteiger partial charge >= 0.3 is 30.4 Å². The highest BCUT2D eigenvalue weighted by molar-refractivity contribution is 6.01. The van der Waals surface area contributed by atoms with Gasteiger partial charge in [-0.2, -0.15) is 0 Å². The predicted molar refractivity (Wildman–Crippen MR) is 405 cm³/mol. The monoisotopic (exact) mass is 1690 g/mol. The van der Waals surface area contributed by atoms with Crippen LogP contribution in [0.2, 0.25) is 0 Å². The second-order valence-electron chi connectivity index (χ2n) is 31.6. The number of carbonyl (C=O) groups is 14. The number of amides is 14. The van der Waals surface area contributed by atoms with Crippen LogP contribution in [-0.4, -0.2) is 269 Å². The van der Waals surface area contributed by atoms with Crippen LogP contribution in [0.1, 0.15) is 96.3 Å². The number of esters is 2. The van der Waals surface area contributed by atoms with Gasteiger partial charge in [0.15, 0.2) is 0 Å². The molecule has 12 rings (SSSR count). The fraction of sp³-hybridized carbons (Fsp3) is 0.525. The summed E-state index contributed by atoms with van der Waals surface area (Å²) in [4.78, 5) is 215. The molecule has 0 spiro atoms. The van der Waals surface area contributed by atoms with Crippen molar-refractivity contribution in [3.05, 3.63) is 125 Å². The molecule has 0 saturated carbocycles. The van der Waals surface area contributed by atoms with Crippen molar-refractivity contribution >= 4 is 94.4 Å². The highest BCUT2D eigenvalue weighted by Gasteiger charge is 2.53. The van der Waals surface area contributed by atoms with E-state index in [2.05, 4.69) is 47.3 Å². The van der Waals surface area contributed by atoms with Gasteiger partial charge in [-0.25, -0.2) is 36.7 Å². The van der Waals surface area contributed by atoms with Crippen LogP contribution in [0.25, 0.3) is 0 Å². The largest absolute Gasteiger partial charge is 0.573 e. The van der Waals surface area contributed by atoms with Crippen molar-refractivity contribution in [1.82, 2.24) is 61.3 Å². The van der Waals surface area contributed by atoms with E-state index in [1.165, 1.54) is 42.4 Å². The molecular weight excluding hydrogens is 1590 g/mol. The van der Waals surface area contributed by atoms with Crippen molar-refractivity contribution in [2.45, 2.75) is 197 Å². The lowest BCUT2D eigenvalue weighted by Crippen LogP contribution is -2.65. The lowest BCUT2D eigenvalue weighted by molar-refractivity contribution is -0.274. The Balaban J connectivity index is 0.832. The van der Waals surface area contributed by atoms with E-state index in [1.807, 2.05) is 6.92 Å². The molecule has 8 heterocycles. The van der Waals surface area contributed by atoms with E-state index in [0.717, 1.165) is 68.8 Å². The molecule has 4 aromatic carbocycles. The van der Waals surface area contributed by atoms with E-state index in [9.17, 15) is 73.9 Å². The molecule has 0 radical (unpaired) electrons. The summed E-state index contributed by atoms with van der Waals surface area (Å²) in [6, 6.07) is -6.08. The van der Waals surface area contributed by atoms with Crippen molar-refractivity contribution in [1.29, 1.82) is 0 Å². The van der Waals surface area contributed by atoms with Crippen molar-refractivity contribution < 1.29 is 122 Å². The average molecular weight is 1690 g/mol. The number of fused-ring (bicyclic) bond motifs is 6. The lowest BCUT2D eigenvalue weighted by Gasteiger charge is -2.42. The van der Waals surface area contributed by atoms with Crippen LogP contribution in [0.3, 0.4) is 0 Å². The molecule has 17 atom stereocenters. The molecule has 8 aliphatic heterocycles. The Hall–Kier alpha value is -11.7. The first kappa shape index (κ1) is 87.6. The Morgan fingerprint density at radius 3 is 1.43 bits per heavy atom. The summed E-state index contributed by atoms with van der Waals surface area (Å²) in [5.41, 5.74) is 0.683. The van der Waals surface area contributed by atoms with Crippen LogP contribution < -0.4 is 47.3 Å². The molecule has 40 heteroatoms. The zero-order valence-electron chi connectivity index (χ0n) is 66.2. The molecule has 646 valence electrons. The topological polar surface area (TPSA) is 401 Å². The Morgan fingerprint density at radius 2 is 0.942 bits per heavy atom. The Bertz CT molecular complexity index is 4570. The molecule has 4 aromatic rings.